The molecule has 0 saturated carbocycles. The molecule has 5 nitrogen and oxygen atoms in total. The van der Waals surface area contributed by atoms with Crippen LogP contribution in [0.3, 0.4) is 0 Å². The second-order valence-corrected chi connectivity index (χ2v) is 5.98. The lowest BCUT2D eigenvalue weighted by atomic mass is 10.1. The Kier molecular flexibility index (Phi) is 7.65. The third-order valence-electron chi connectivity index (χ3n) is 3.51. The van der Waals surface area contributed by atoms with Gasteiger partial charge in [-0.15, -0.1) is 12.4 Å². The average Bonchev–Trinajstić information content (AvgIpc) is 2.45. The zero-order valence-corrected chi connectivity index (χ0v) is 14.1. The van der Waals surface area contributed by atoms with Gasteiger partial charge in [-0.3, -0.25) is 9.69 Å². The first-order valence-corrected chi connectivity index (χ1v) is 7.52. The van der Waals surface area contributed by atoms with E-state index in [2.05, 4.69) is 24.1 Å². The Bertz CT molecular complexity index is 465. The van der Waals surface area contributed by atoms with Crippen LogP contribution in [0.25, 0.3) is 0 Å². The largest absolute Gasteiger partial charge is 0.399 e. The summed E-state index contributed by atoms with van der Waals surface area (Å²) in [5.41, 5.74) is 6.90. The molecular weight excluding hydrogens is 302 g/mol. The van der Waals surface area contributed by atoms with Crippen molar-refractivity contribution < 1.29 is 9.53 Å². The molecule has 124 valence electrons. The molecule has 1 aliphatic rings. The number of halogens is 1. The minimum absolute atomic E-state index is 0. The van der Waals surface area contributed by atoms with Gasteiger partial charge in [0.15, 0.2) is 0 Å². The molecule has 1 aromatic carbocycles. The molecule has 0 radical (unpaired) electrons. The fourth-order valence-electron chi connectivity index (χ4n) is 2.53. The van der Waals surface area contributed by atoms with Crippen molar-refractivity contribution in [2.24, 2.45) is 5.92 Å². The lowest BCUT2D eigenvalue weighted by molar-refractivity contribution is -0.0295. The number of amides is 1. The standard InChI is InChI=1S/C16H25N3O2.ClH/c1-12(2)10-19-7-8-21-15(11-19)9-18-16(20)13-3-5-14(17)6-4-13;/h3-6,12,15H,7-11,17H2,1-2H3,(H,18,20);1H. The lowest BCUT2D eigenvalue weighted by Gasteiger charge is -2.33. The van der Waals surface area contributed by atoms with E-state index < -0.39 is 0 Å². The number of benzene rings is 1. The van der Waals surface area contributed by atoms with Gasteiger partial charge in [0.2, 0.25) is 0 Å². The van der Waals surface area contributed by atoms with E-state index >= 15 is 0 Å². The summed E-state index contributed by atoms with van der Waals surface area (Å²) in [6.45, 7) is 8.63. The highest BCUT2D eigenvalue weighted by Gasteiger charge is 2.21. The number of rotatable bonds is 5. The van der Waals surface area contributed by atoms with Crippen LogP contribution >= 0.6 is 12.4 Å². The van der Waals surface area contributed by atoms with Gasteiger partial charge >= 0.3 is 0 Å². The maximum atomic E-state index is 12.0. The molecule has 6 heteroatoms. The van der Waals surface area contributed by atoms with Crippen LogP contribution in [0.2, 0.25) is 0 Å². The van der Waals surface area contributed by atoms with E-state index in [4.69, 9.17) is 10.5 Å². The minimum Gasteiger partial charge on any atom is -0.399 e. The van der Waals surface area contributed by atoms with Gasteiger partial charge in [0.05, 0.1) is 12.7 Å². The highest BCUT2D eigenvalue weighted by Crippen LogP contribution is 2.08. The van der Waals surface area contributed by atoms with Crippen LogP contribution in [0.4, 0.5) is 5.69 Å². The SMILES string of the molecule is CC(C)CN1CCOC(CNC(=O)c2ccc(N)cc2)C1.Cl. The molecule has 2 rings (SSSR count). The Morgan fingerprint density at radius 2 is 2.09 bits per heavy atom. The number of ether oxygens (including phenoxy) is 1. The predicted molar refractivity (Wildman–Crippen MR) is 91.5 cm³/mol. The zero-order chi connectivity index (χ0) is 15.2. The molecule has 1 saturated heterocycles. The Labute approximate surface area is 138 Å². The van der Waals surface area contributed by atoms with Gasteiger partial charge in [-0.05, 0) is 30.2 Å². The topological polar surface area (TPSA) is 67.6 Å². The summed E-state index contributed by atoms with van der Waals surface area (Å²) in [6.07, 6.45) is 0.0650. The van der Waals surface area contributed by atoms with E-state index in [-0.39, 0.29) is 24.4 Å². The molecule has 1 aromatic rings. The summed E-state index contributed by atoms with van der Waals surface area (Å²) in [6, 6.07) is 6.93. The van der Waals surface area contributed by atoms with E-state index in [1.165, 1.54) is 0 Å². The number of carbonyl (C=O) groups is 1. The number of morpholine rings is 1. The Morgan fingerprint density at radius 3 is 2.73 bits per heavy atom. The normalized spacial score (nSPS) is 18.8. The van der Waals surface area contributed by atoms with Gasteiger partial charge in [0, 0.05) is 37.4 Å². The number of nitrogen functional groups attached to an aromatic ring is 1. The van der Waals surface area contributed by atoms with Crippen molar-refractivity contribution >= 4 is 24.0 Å². The van der Waals surface area contributed by atoms with Crippen LogP contribution in [0.15, 0.2) is 24.3 Å². The lowest BCUT2D eigenvalue weighted by Crippen LogP contribution is -2.48. The molecule has 22 heavy (non-hydrogen) atoms. The number of nitrogens with two attached hydrogens (primary N) is 1. The molecule has 1 heterocycles. The van der Waals surface area contributed by atoms with E-state index in [0.717, 1.165) is 26.2 Å². The maximum Gasteiger partial charge on any atom is 0.251 e. The number of hydrogen-bond donors (Lipinski definition) is 2. The van der Waals surface area contributed by atoms with Crippen molar-refractivity contribution in [3.05, 3.63) is 29.8 Å². The van der Waals surface area contributed by atoms with Gasteiger partial charge in [-0.1, -0.05) is 13.8 Å². The zero-order valence-electron chi connectivity index (χ0n) is 13.2. The number of nitrogens with zero attached hydrogens (tertiary/aromatic N) is 1. The van der Waals surface area contributed by atoms with E-state index in [1.54, 1.807) is 24.3 Å². The Hall–Kier alpha value is -1.30. The van der Waals surface area contributed by atoms with Crippen molar-refractivity contribution in [2.75, 3.05) is 38.5 Å². The van der Waals surface area contributed by atoms with E-state index in [9.17, 15) is 4.79 Å². The van der Waals surface area contributed by atoms with Crippen LogP contribution in [-0.2, 0) is 4.74 Å². The van der Waals surface area contributed by atoms with Crippen molar-refractivity contribution in [1.82, 2.24) is 10.2 Å². The molecule has 0 aromatic heterocycles. The molecule has 1 atom stereocenters. The summed E-state index contributed by atoms with van der Waals surface area (Å²) >= 11 is 0. The first-order valence-electron chi connectivity index (χ1n) is 7.52. The monoisotopic (exact) mass is 327 g/mol. The van der Waals surface area contributed by atoms with Crippen LogP contribution < -0.4 is 11.1 Å². The van der Waals surface area contributed by atoms with Crippen LogP contribution in [0, 0.1) is 5.92 Å². The summed E-state index contributed by atoms with van der Waals surface area (Å²) < 4.78 is 5.72. The molecule has 1 amide bonds. The number of hydrogen-bond acceptors (Lipinski definition) is 4. The predicted octanol–water partition coefficient (Wildman–Crippen LogP) is 1.78. The summed E-state index contributed by atoms with van der Waals surface area (Å²) in [5.74, 6) is 0.563. The molecule has 0 aliphatic carbocycles. The van der Waals surface area contributed by atoms with E-state index in [0.29, 0.717) is 23.7 Å². The number of anilines is 1. The van der Waals surface area contributed by atoms with Gasteiger partial charge in [0.25, 0.3) is 5.91 Å². The average molecular weight is 328 g/mol. The smallest absolute Gasteiger partial charge is 0.251 e. The minimum atomic E-state index is -0.0837. The quantitative estimate of drug-likeness (QED) is 0.809. The van der Waals surface area contributed by atoms with Crippen LogP contribution in [0.5, 0.6) is 0 Å². The number of nitrogens with one attached hydrogen (secondary N) is 1. The number of carbonyl (C=O) groups excluding carboxylic acids is 1. The first kappa shape index (κ1) is 18.7. The summed E-state index contributed by atoms with van der Waals surface area (Å²) in [4.78, 5) is 14.4. The Balaban J connectivity index is 0.00000242. The fourth-order valence-corrected chi connectivity index (χ4v) is 2.53. The fraction of sp³-hybridized carbons (Fsp3) is 0.562. The highest BCUT2D eigenvalue weighted by atomic mass is 35.5. The molecule has 0 spiro atoms. The molecule has 1 unspecified atom stereocenters. The molecular formula is C16H26ClN3O2. The maximum absolute atomic E-state index is 12.0. The van der Waals surface area contributed by atoms with Crippen molar-refractivity contribution in [3.8, 4) is 0 Å². The highest BCUT2D eigenvalue weighted by molar-refractivity contribution is 5.94. The third-order valence-corrected chi connectivity index (χ3v) is 3.51. The second kappa shape index (κ2) is 8.98. The van der Waals surface area contributed by atoms with Crippen LogP contribution in [0.1, 0.15) is 24.2 Å². The first-order chi connectivity index (χ1) is 10.0. The second-order valence-electron chi connectivity index (χ2n) is 5.98. The third kappa shape index (κ3) is 5.83. The molecule has 0 bridgehead atoms. The molecule has 3 N–H and O–H groups in total. The van der Waals surface area contributed by atoms with Gasteiger partial charge < -0.3 is 15.8 Å². The van der Waals surface area contributed by atoms with Crippen molar-refractivity contribution in [3.63, 3.8) is 0 Å². The van der Waals surface area contributed by atoms with Crippen LogP contribution in [-0.4, -0.2) is 49.7 Å². The van der Waals surface area contributed by atoms with Gasteiger partial charge in [0.1, 0.15) is 0 Å². The van der Waals surface area contributed by atoms with E-state index in [1.807, 2.05) is 0 Å². The van der Waals surface area contributed by atoms with Gasteiger partial charge in [-0.2, -0.15) is 0 Å². The molecule has 1 aliphatic heterocycles. The summed E-state index contributed by atoms with van der Waals surface area (Å²) in [7, 11) is 0. The van der Waals surface area contributed by atoms with Crippen molar-refractivity contribution in [1.29, 1.82) is 0 Å². The molecule has 1 fully saturated rings. The summed E-state index contributed by atoms with van der Waals surface area (Å²) in [5, 5.41) is 2.93. The Morgan fingerprint density at radius 1 is 1.41 bits per heavy atom. The van der Waals surface area contributed by atoms with Crippen molar-refractivity contribution in [2.45, 2.75) is 20.0 Å². The van der Waals surface area contributed by atoms with Gasteiger partial charge in [-0.25, -0.2) is 0 Å².